The number of halogens is 3. The van der Waals surface area contributed by atoms with Crippen LogP contribution in [-0.2, 0) is 17.3 Å². The van der Waals surface area contributed by atoms with Crippen LogP contribution in [0.1, 0.15) is 12.8 Å². The highest BCUT2D eigenvalue weighted by Crippen LogP contribution is 2.33. The molecule has 3 N–H and O–H groups in total. The third kappa shape index (κ3) is 4.20. The molecule has 0 aromatic carbocycles. The number of rotatable bonds is 6. The Morgan fingerprint density at radius 2 is 2.04 bits per heavy atom. The van der Waals surface area contributed by atoms with Gasteiger partial charge in [0.2, 0.25) is 0 Å². The Morgan fingerprint density at radius 3 is 2.61 bits per heavy atom. The van der Waals surface area contributed by atoms with Crippen LogP contribution in [0.5, 0.6) is 0 Å². The van der Waals surface area contributed by atoms with Crippen LogP contribution in [0, 0.1) is 0 Å². The molecule has 0 atom stereocenters. The Morgan fingerprint density at radius 1 is 1.39 bits per heavy atom. The number of nitrogens with zero attached hydrogens (tertiary/aromatic N) is 5. The van der Waals surface area contributed by atoms with Gasteiger partial charge in [0.25, 0.3) is 16.1 Å². The molecular weight excluding hydrogens is 418 g/mol. The second kappa shape index (κ2) is 7.67. The molecule has 0 amide bonds. The highest BCUT2D eigenvalue weighted by Gasteiger charge is 2.39. The van der Waals surface area contributed by atoms with Crippen LogP contribution in [0.3, 0.4) is 0 Å². The summed E-state index contributed by atoms with van der Waals surface area (Å²) in [5.74, 6) is -2.96. The lowest BCUT2D eigenvalue weighted by atomic mass is 10.0. The van der Waals surface area contributed by atoms with Gasteiger partial charge in [0.15, 0.2) is 0 Å². The van der Waals surface area contributed by atoms with Crippen LogP contribution in [0.15, 0.2) is 12.5 Å². The molecule has 0 bridgehead atoms. The molecule has 0 saturated carbocycles. The summed E-state index contributed by atoms with van der Waals surface area (Å²) >= 11 is 6.29. The van der Waals surface area contributed by atoms with Crippen molar-refractivity contribution >= 4 is 38.7 Å². The number of aromatic nitrogens is 3. The van der Waals surface area contributed by atoms with E-state index in [1.165, 1.54) is 6.33 Å². The number of nitrogens with two attached hydrogens (primary N) is 1. The van der Waals surface area contributed by atoms with E-state index in [1.54, 1.807) is 10.8 Å². The van der Waals surface area contributed by atoms with E-state index in [1.807, 2.05) is 11.9 Å². The van der Waals surface area contributed by atoms with Crippen molar-refractivity contribution in [2.45, 2.75) is 24.8 Å². The van der Waals surface area contributed by atoms with Crippen molar-refractivity contribution in [2.24, 2.45) is 12.2 Å². The summed E-state index contributed by atoms with van der Waals surface area (Å²) in [5.41, 5.74) is 0.658. The van der Waals surface area contributed by atoms with Crippen molar-refractivity contribution in [1.29, 1.82) is 0 Å². The Labute approximate surface area is 165 Å². The van der Waals surface area contributed by atoms with E-state index in [-0.39, 0.29) is 12.8 Å². The molecule has 0 unspecified atom stereocenters. The van der Waals surface area contributed by atoms with Crippen molar-refractivity contribution in [3.05, 3.63) is 17.5 Å². The van der Waals surface area contributed by atoms with E-state index < -0.39 is 35.3 Å². The molecule has 0 aliphatic carbocycles. The molecule has 2 aromatic rings. The third-order valence-corrected chi connectivity index (χ3v) is 6.17. The van der Waals surface area contributed by atoms with Gasteiger partial charge in [-0.2, -0.15) is 12.7 Å². The standard InChI is InChI=1S/C15H21ClF2N6O3S/c1-22-6-11(16)12-13(22)20-9-21-14(12)23-4-2-10(3-5-23)24(28(19,26)27)7-15(17,18)8-25/h6,9-10,25H,2-5,7-8H2,1H3,(H2,19,26,27). The topological polar surface area (TPSA) is 118 Å². The van der Waals surface area contributed by atoms with E-state index in [4.69, 9.17) is 21.8 Å². The number of aryl methyl sites for hydroxylation is 1. The fourth-order valence-electron chi connectivity index (χ4n) is 3.45. The van der Waals surface area contributed by atoms with Crippen molar-refractivity contribution < 1.29 is 22.3 Å². The lowest BCUT2D eigenvalue weighted by Crippen LogP contribution is -2.53. The van der Waals surface area contributed by atoms with Crippen molar-refractivity contribution in [2.75, 3.05) is 31.1 Å². The van der Waals surface area contributed by atoms with Gasteiger partial charge in [-0.25, -0.2) is 23.9 Å². The van der Waals surface area contributed by atoms with Gasteiger partial charge in [0, 0.05) is 32.4 Å². The first-order valence-electron chi connectivity index (χ1n) is 8.52. The molecule has 28 heavy (non-hydrogen) atoms. The summed E-state index contributed by atoms with van der Waals surface area (Å²) < 4.78 is 53.2. The lowest BCUT2D eigenvalue weighted by molar-refractivity contribution is -0.0655. The van der Waals surface area contributed by atoms with Crippen LogP contribution in [0.2, 0.25) is 5.02 Å². The van der Waals surface area contributed by atoms with Gasteiger partial charge >= 0.3 is 0 Å². The van der Waals surface area contributed by atoms with E-state index in [0.29, 0.717) is 39.3 Å². The highest BCUT2D eigenvalue weighted by atomic mass is 35.5. The average molecular weight is 439 g/mol. The molecule has 1 saturated heterocycles. The molecule has 156 valence electrons. The molecule has 0 spiro atoms. The van der Waals surface area contributed by atoms with Gasteiger partial charge in [-0.1, -0.05) is 11.6 Å². The van der Waals surface area contributed by atoms with E-state index in [9.17, 15) is 17.2 Å². The second-order valence-corrected chi connectivity index (χ2v) is 8.71. The fraction of sp³-hybridized carbons (Fsp3) is 0.600. The maximum atomic E-state index is 13.6. The molecule has 1 aliphatic heterocycles. The molecule has 0 radical (unpaired) electrons. The minimum absolute atomic E-state index is 0.272. The highest BCUT2D eigenvalue weighted by molar-refractivity contribution is 7.86. The number of aliphatic hydroxyl groups excluding tert-OH is 1. The number of aliphatic hydroxyl groups is 1. The average Bonchev–Trinajstić information content (AvgIpc) is 2.93. The van der Waals surface area contributed by atoms with E-state index in [2.05, 4.69) is 9.97 Å². The summed E-state index contributed by atoms with van der Waals surface area (Å²) in [6.07, 6.45) is 3.68. The molecule has 3 rings (SSSR count). The second-order valence-electron chi connectivity index (χ2n) is 6.81. The summed E-state index contributed by atoms with van der Waals surface area (Å²) in [7, 11) is -2.55. The van der Waals surface area contributed by atoms with Gasteiger partial charge in [0.05, 0.1) is 17.0 Å². The smallest absolute Gasteiger partial charge is 0.284 e. The number of anilines is 1. The summed E-state index contributed by atoms with van der Waals surface area (Å²) in [5, 5.41) is 15.1. The summed E-state index contributed by atoms with van der Waals surface area (Å²) in [6.45, 7) is -1.87. The lowest BCUT2D eigenvalue weighted by Gasteiger charge is -2.38. The number of piperidine rings is 1. The Bertz CT molecular complexity index is 962. The van der Waals surface area contributed by atoms with Crippen molar-refractivity contribution in [3.63, 3.8) is 0 Å². The SMILES string of the molecule is Cn1cc(Cl)c2c(N3CCC(N(CC(F)(F)CO)S(N)(=O)=O)CC3)ncnc21. The third-order valence-electron chi connectivity index (χ3n) is 4.80. The molecular formula is C15H21ClF2N6O3S. The first-order chi connectivity index (χ1) is 13.0. The Kier molecular flexibility index (Phi) is 5.79. The fourth-order valence-corrected chi connectivity index (χ4v) is 4.76. The van der Waals surface area contributed by atoms with Crippen LogP contribution < -0.4 is 10.0 Å². The largest absolute Gasteiger partial charge is 0.390 e. The van der Waals surface area contributed by atoms with E-state index >= 15 is 0 Å². The zero-order valence-electron chi connectivity index (χ0n) is 15.1. The monoisotopic (exact) mass is 438 g/mol. The first kappa shape index (κ1) is 21.1. The van der Waals surface area contributed by atoms with E-state index in [0.717, 1.165) is 0 Å². The van der Waals surface area contributed by atoms with Crippen LogP contribution >= 0.6 is 11.6 Å². The summed E-state index contributed by atoms with van der Waals surface area (Å²) in [6, 6.07) is -0.702. The number of alkyl halides is 2. The van der Waals surface area contributed by atoms with Gasteiger partial charge < -0.3 is 14.6 Å². The maximum Gasteiger partial charge on any atom is 0.284 e. The van der Waals surface area contributed by atoms with Crippen molar-refractivity contribution in [3.8, 4) is 0 Å². The van der Waals surface area contributed by atoms with Crippen molar-refractivity contribution in [1.82, 2.24) is 18.8 Å². The van der Waals surface area contributed by atoms with Crippen LogP contribution in [0.25, 0.3) is 11.0 Å². The molecule has 9 nitrogen and oxygen atoms in total. The first-order valence-corrected chi connectivity index (χ1v) is 10.4. The Hall–Kier alpha value is -1.60. The minimum Gasteiger partial charge on any atom is -0.390 e. The normalized spacial score (nSPS) is 17.0. The van der Waals surface area contributed by atoms with Crippen LogP contribution in [-0.4, -0.2) is 70.6 Å². The summed E-state index contributed by atoms with van der Waals surface area (Å²) in [4.78, 5) is 10.4. The molecule has 13 heteroatoms. The van der Waals surface area contributed by atoms with Crippen LogP contribution in [0.4, 0.5) is 14.6 Å². The number of hydrogen-bond acceptors (Lipinski definition) is 6. The molecule has 3 heterocycles. The minimum atomic E-state index is -4.35. The zero-order chi connectivity index (χ0) is 20.7. The predicted octanol–water partition coefficient (Wildman–Crippen LogP) is 0.724. The molecule has 1 aliphatic rings. The van der Waals surface area contributed by atoms with Gasteiger partial charge in [-0.05, 0) is 12.8 Å². The van der Waals surface area contributed by atoms with Gasteiger partial charge in [-0.15, -0.1) is 0 Å². The molecule has 1 fully saturated rings. The van der Waals surface area contributed by atoms with Gasteiger partial charge in [0.1, 0.15) is 24.4 Å². The quantitative estimate of drug-likeness (QED) is 0.686. The maximum absolute atomic E-state index is 13.6. The number of fused-ring (bicyclic) bond motifs is 1. The predicted molar refractivity (Wildman–Crippen MR) is 101 cm³/mol. The number of hydrogen-bond donors (Lipinski definition) is 2. The molecule has 2 aromatic heterocycles. The zero-order valence-corrected chi connectivity index (χ0v) is 16.7. The van der Waals surface area contributed by atoms with Gasteiger partial charge in [-0.3, -0.25) is 0 Å². The Balaban J connectivity index is 1.80.